The number of aromatic nitrogens is 3. The summed E-state index contributed by atoms with van der Waals surface area (Å²) in [7, 11) is 0. The summed E-state index contributed by atoms with van der Waals surface area (Å²) in [5, 5.41) is 0. The van der Waals surface area contributed by atoms with E-state index >= 15 is 0 Å². The maximum atomic E-state index is 13.3. The first kappa shape index (κ1) is 10.4. The lowest BCUT2D eigenvalue weighted by Crippen LogP contribution is -1.94. The number of pyridine rings is 2. The Labute approximate surface area is 110 Å². The fourth-order valence-corrected chi connectivity index (χ4v) is 2.52. The number of imidazole rings is 1. The van der Waals surface area contributed by atoms with Crippen molar-refractivity contribution in [2.24, 2.45) is 0 Å². The van der Waals surface area contributed by atoms with Gasteiger partial charge in [0, 0.05) is 32.0 Å². The Morgan fingerprint density at radius 3 is 3.16 bits per heavy atom. The van der Waals surface area contributed by atoms with E-state index in [1.807, 2.05) is 28.9 Å². The van der Waals surface area contributed by atoms with E-state index in [1.165, 1.54) is 6.20 Å². The van der Waals surface area contributed by atoms with Crippen LogP contribution in [0.1, 0.15) is 18.2 Å². The van der Waals surface area contributed by atoms with Crippen LogP contribution in [0.4, 0.5) is 4.39 Å². The van der Waals surface area contributed by atoms with Gasteiger partial charge in [-0.2, -0.15) is 0 Å². The quantitative estimate of drug-likeness (QED) is 0.667. The second-order valence-electron chi connectivity index (χ2n) is 4.58. The maximum absolute atomic E-state index is 13.3. The van der Waals surface area contributed by atoms with Gasteiger partial charge < -0.3 is 4.40 Å². The van der Waals surface area contributed by atoms with E-state index in [0.29, 0.717) is 0 Å². The van der Waals surface area contributed by atoms with Crippen LogP contribution in [0.15, 0.2) is 49.1 Å². The molecule has 19 heavy (non-hydrogen) atoms. The topological polar surface area (TPSA) is 30.2 Å². The number of halogens is 1. The van der Waals surface area contributed by atoms with Crippen LogP contribution >= 0.6 is 0 Å². The molecule has 4 heteroatoms. The van der Waals surface area contributed by atoms with Gasteiger partial charge in [0.15, 0.2) is 0 Å². The van der Waals surface area contributed by atoms with E-state index in [0.717, 1.165) is 34.5 Å². The van der Waals surface area contributed by atoms with Crippen LogP contribution in [-0.2, 0) is 6.42 Å². The molecule has 0 spiro atoms. The molecule has 0 atom stereocenters. The molecule has 0 radical (unpaired) electrons. The van der Waals surface area contributed by atoms with E-state index < -0.39 is 0 Å². The van der Waals surface area contributed by atoms with Crippen molar-refractivity contribution in [3.8, 4) is 0 Å². The normalized spacial score (nSPS) is 13.6. The molecule has 3 nitrogen and oxygen atoms in total. The lowest BCUT2D eigenvalue weighted by atomic mass is 10.0. The van der Waals surface area contributed by atoms with Crippen LogP contribution in [-0.4, -0.2) is 14.4 Å². The molecular formula is C15H12FN3. The van der Waals surface area contributed by atoms with Crippen LogP contribution in [0.5, 0.6) is 0 Å². The van der Waals surface area contributed by atoms with Crippen molar-refractivity contribution in [2.45, 2.75) is 6.42 Å². The first-order valence-corrected chi connectivity index (χ1v) is 6.09. The summed E-state index contributed by atoms with van der Waals surface area (Å²) < 4.78 is 15.3. The monoisotopic (exact) mass is 253 g/mol. The minimum absolute atomic E-state index is 0. The number of allylic oxidation sites excluding steroid dienone is 1. The number of hydrogen-bond donors (Lipinski definition) is 0. The first-order valence-electron chi connectivity index (χ1n) is 6.09. The molecule has 1 aliphatic rings. The van der Waals surface area contributed by atoms with E-state index in [9.17, 15) is 4.39 Å². The summed E-state index contributed by atoms with van der Waals surface area (Å²) in [5.41, 5.74) is 4.82. The van der Waals surface area contributed by atoms with E-state index in [4.69, 9.17) is 0 Å². The molecule has 4 rings (SSSR count). The summed E-state index contributed by atoms with van der Waals surface area (Å²) in [5.74, 6) is -0.296. The number of hydrogen-bond acceptors (Lipinski definition) is 2. The van der Waals surface area contributed by atoms with E-state index in [1.54, 1.807) is 12.3 Å². The van der Waals surface area contributed by atoms with Gasteiger partial charge in [0.25, 0.3) is 0 Å². The zero-order valence-corrected chi connectivity index (χ0v) is 10.0. The second-order valence-corrected chi connectivity index (χ2v) is 4.58. The van der Waals surface area contributed by atoms with Gasteiger partial charge in [-0.15, -0.1) is 0 Å². The molecule has 94 valence electrons. The van der Waals surface area contributed by atoms with Gasteiger partial charge in [-0.3, -0.25) is 4.98 Å². The van der Waals surface area contributed by atoms with Gasteiger partial charge in [0.05, 0.1) is 11.9 Å². The zero-order chi connectivity index (χ0) is 12.8. The number of nitrogens with zero attached hydrogens (tertiary/aromatic N) is 3. The van der Waals surface area contributed by atoms with Crippen molar-refractivity contribution < 1.29 is 5.82 Å². The van der Waals surface area contributed by atoms with Crippen molar-refractivity contribution in [3.63, 3.8) is 0 Å². The molecule has 3 aromatic heterocycles. The van der Waals surface area contributed by atoms with Crippen molar-refractivity contribution in [2.75, 3.05) is 0 Å². The smallest absolute Gasteiger partial charge is 0.142 e. The molecule has 0 N–H and O–H groups in total. The van der Waals surface area contributed by atoms with Gasteiger partial charge in [-0.1, -0.05) is 6.08 Å². The maximum Gasteiger partial charge on any atom is 0.142 e. The molecule has 3 aromatic rings. The Bertz CT molecular complexity index is 823. The van der Waals surface area contributed by atoms with Crippen molar-refractivity contribution >= 4 is 11.2 Å². The summed E-state index contributed by atoms with van der Waals surface area (Å²) in [6, 6.07) is 5.52. The van der Waals surface area contributed by atoms with Crippen molar-refractivity contribution in [1.29, 1.82) is 0 Å². The number of fused-ring (bicyclic) bond motifs is 2. The Kier molecular flexibility index (Phi) is 2.06. The van der Waals surface area contributed by atoms with Crippen LogP contribution in [0.25, 0.3) is 11.2 Å². The fraction of sp³-hybridized carbons (Fsp3) is 0.0667. The van der Waals surface area contributed by atoms with Gasteiger partial charge >= 0.3 is 0 Å². The molecule has 0 fully saturated rings. The highest BCUT2D eigenvalue weighted by atomic mass is 19.1. The molecule has 1 aliphatic carbocycles. The van der Waals surface area contributed by atoms with E-state index in [2.05, 4.69) is 16.0 Å². The third kappa shape index (κ3) is 1.57. The van der Waals surface area contributed by atoms with Gasteiger partial charge in [0.1, 0.15) is 11.5 Å². The van der Waals surface area contributed by atoms with Gasteiger partial charge in [-0.05, 0) is 29.3 Å². The molecular weight excluding hydrogens is 241 g/mol. The fourth-order valence-electron chi connectivity index (χ4n) is 2.52. The average molecular weight is 253 g/mol. The van der Waals surface area contributed by atoms with Crippen LogP contribution in [0, 0.1) is 5.82 Å². The largest absolute Gasteiger partial charge is 0.306 e. The van der Waals surface area contributed by atoms with Gasteiger partial charge in [0.2, 0.25) is 0 Å². The Morgan fingerprint density at radius 1 is 1.26 bits per heavy atom. The highest BCUT2D eigenvalue weighted by Crippen LogP contribution is 2.31. The molecule has 0 bridgehead atoms. The second kappa shape index (κ2) is 3.75. The Balaban J connectivity index is 0.00000121. The van der Waals surface area contributed by atoms with Crippen LogP contribution in [0.3, 0.4) is 0 Å². The molecule has 0 saturated carbocycles. The highest BCUT2D eigenvalue weighted by molar-refractivity contribution is 5.84. The summed E-state index contributed by atoms with van der Waals surface area (Å²) >= 11 is 0. The Hall–Kier alpha value is -2.49. The summed E-state index contributed by atoms with van der Waals surface area (Å²) in [6.07, 6.45) is 9.79. The number of rotatable bonds is 1. The predicted molar refractivity (Wildman–Crippen MR) is 72.3 cm³/mol. The minimum Gasteiger partial charge on any atom is -0.306 e. The molecule has 3 heterocycles. The third-order valence-corrected chi connectivity index (χ3v) is 3.43. The summed E-state index contributed by atoms with van der Waals surface area (Å²) in [6.45, 7) is 0. The minimum atomic E-state index is -0.296. The highest BCUT2D eigenvalue weighted by Gasteiger charge is 2.17. The molecule has 0 saturated heterocycles. The lowest BCUT2D eigenvalue weighted by Gasteiger charge is -2.06. The third-order valence-electron chi connectivity index (χ3n) is 3.43. The standard InChI is InChI=1S/C15H10FN3.H2/c16-11-7-13-12(2-3-14(13)18-8-11)10-1-4-15-17-5-6-19(15)9-10;/h1-2,4-9H,3H2;1H. The van der Waals surface area contributed by atoms with Crippen molar-refractivity contribution in [3.05, 3.63) is 71.7 Å². The molecule has 0 unspecified atom stereocenters. The van der Waals surface area contributed by atoms with Crippen molar-refractivity contribution in [1.82, 2.24) is 14.4 Å². The molecule has 0 aromatic carbocycles. The van der Waals surface area contributed by atoms with E-state index in [-0.39, 0.29) is 7.24 Å². The Morgan fingerprint density at radius 2 is 2.21 bits per heavy atom. The summed E-state index contributed by atoms with van der Waals surface area (Å²) in [4.78, 5) is 8.36. The van der Waals surface area contributed by atoms with Crippen LogP contribution in [0.2, 0.25) is 0 Å². The van der Waals surface area contributed by atoms with Gasteiger partial charge in [-0.25, -0.2) is 9.37 Å². The van der Waals surface area contributed by atoms with Crippen LogP contribution < -0.4 is 0 Å². The SMILES string of the molecule is Fc1cnc2c(c1)C(c1ccc3nccn3c1)=CC2.[HH]. The zero-order valence-electron chi connectivity index (χ0n) is 10.0. The molecule has 0 aliphatic heterocycles. The average Bonchev–Trinajstić information content (AvgIpc) is 3.03. The molecule has 0 amide bonds. The lowest BCUT2D eigenvalue weighted by molar-refractivity contribution is 0.619. The first-order chi connectivity index (χ1) is 9.31. The predicted octanol–water partition coefficient (Wildman–Crippen LogP) is 3.10.